The van der Waals surface area contributed by atoms with Crippen molar-refractivity contribution in [2.75, 3.05) is 7.05 Å². The molecule has 0 aliphatic carbocycles. The Bertz CT molecular complexity index is 1040. The number of rotatable bonds is 9. The van der Waals surface area contributed by atoms with Gasteiger partial charge in [0.2, 0.25) is 11.8 Å². The number of nitrogens with one attached hydrogen (secondary N) is 1. The van der Waals surface area contributed by atoms with E-state index < -0.39 is 6.04 Å². The van der Waals surface area contributed by atoms with Crippen molar-refractivity contribution in [2.24, 2.45) is 0 Å². The zero-order chi connectivity index (χ0) is 22.9. The highest BCUT2D eigenvalue weighted by Gasteiger charge is 2.29. The van der Waals surface area contributed by atoms with Gasteiger partial charge in [-0.05, 0) is 42.2 Å². The van der Waals surface area contributed by atoms with E-state index in [-0.39, 0.29) is 11.8 Å². The first-order valence-corrected chi connectivity index (χ1v) is 11.6. The minimum absolute atomic E-state index is 0.0323. The number of carbonyl (C=O) groups is 2. The van der Waals surface area contributed by atoms with E-state index in [1.54, 1.807) is 11.9 Å². The van der Waals surface area contributed by atoms with Gasteiger partial charge in [-0.2, -0.15) is 0 Å². The summed E-state index contributed by atoms with van der Waals surface area (Å²) in [6.07, 6.45) is 1.45. The molecule has 3 aromatic carbocycles. The van der Waals surface area contributed by atoms with E-state index in [1.807, 2.05) is 61.5 Å². The molecule has 0 fully saturated rings. The number of likely N-dealkylation sites (N-methyl/N-ethyl adjacent to an activating group) is 1. The van der Waals surface area contributed by atoms with E-state index in [9.17, 15) is 9.59 Å². The smallest absolute Gasteiger partial charge is 0.242 e. The molecule has 0 radical (unpaired) electrons. The van der Waals surface area contributed by atoms with Crippen LogP contribution in [0.4, 0.5) is 0 Å². The SMILES string of the molecule is CNC(=O)[C@H](Cc1ccccc1)N(Cc1cccc(Br)c1)C(=O)CCc1ccc(C)cc1. The van der Waals surface area contributed by atoms with Crippen LogP contribution in [0.1, 0.15) is 28.7 Å². The first-order chi connectivity index (χ1) is 15.5. The topological polar surface area (TPSA) is 49.4 Å². The third kappa shape index (κ3) is 6.79. The third-order valence-electron chi connectivity index (χ3n) is 5.51. The lowest BCUT2D eigenvalue weighted by atomic mass is 10.0. The van der Waals surface area contributed by atoms with Crippen molar-refractivity contribution in [1.82, 2.24) is 10.2 Å². The Kier molecular flexibility index (Phi) is 8.63. The summed E-state index contributed by atoms with van der Waals surface area (Å²) in [4.78, 5) is 28.1. The van der Waals surface area contributed by atoms with Crippen molar-refractivity contribution >= 4 is 27.7 Å². The predicted molar refractivity (Wildman–Crippen MR) is 132 cm³/mol. The van der Waals surface area contributed by atoms with Gasteiger partial charge in [0.05, 0.1) is 0 Å². The fraction of sp³-hybridized carbons (Fsp3) is 0.259. The number of hydrogen-bond acceptors (Lipinski definition) is 2. The van der Waals surface area contributed by atoms with Gasteiger partial charge in [0.15, 0.2) is 0 Å². The highest BCUT2D eigenvalue weighted by Crippen LogP contribution is 2.19. The van der Waals surface area contributed by atoms with Gasteiger partial charge < -0.3 is 10.2 Å². The Morgan fingerprint density at radius 1 is 0.906 bits per heavy atom. The van der Waals surface area contributed by atoms with Gasteiger partial charge in [0.1, 0.15) is 6.04 Å². The molecule has 166 valence electrons. The number of carbonyl (C=O) groups excluding carboxylic acids is 2. The van der Waals surface area contributed by atoms with Gasteiger partial charge in [-0.25, -0.2) is 0 Å². The van der Waals surface area contributed by atoms with Gasteiger partial charge >= 0.3 is 0 Å². The first-order valence-electron chi connectivity index (χ1n) is 10.8. The summed E-state index contributed by atoms with van der Waals surface area (Å²) in [5.41, 5.74) is 4.31. The number of nitrogens with zero attached hydrogens (tertiary/aromatic N) is 1. The fourth-order valence-corrected chi connectivity index (χ4v) is 4.15. The van der Waals surface area contributed by atoms with Crippen molar-refractivity contribution in [1.29, 1.82) is 0 Å². The summed E-state index contributed by atoms with van der Waals surface area (Å²) in [7, 11) is 1.62. The molecule has 3 aromatic rings. The second-order valence-corrected chi connectivity index (χ2v) is 8.87. The van der Waals surface area contributed by atoms with Crippen molar-refractivity contribution in [3.63, 3.8) is 0 Å². The van der Waals surface area contributed by atoms with E-state index in [0.29, 0.717) is 25.8 Å². The van der Waals surface area contributed by atoms with Crippen LogP contribution in [0.15, 0.2) is 83.3 Å². The van der Waals surface area contributed by atoms with E-state index in [0.717, 1.165) is 21.2 Å². The van der Waals surface area contributed by atoms with Crippen molar-refractivity contribution in [3.05, 3.63) is 106 Å². The number of hydrogen-bond donors (Lipinski definition) is 1. The molecular formula is C27H29BrN2O2. The van der Waals surface area contributed by atoms with E-state index >= 15 is 0 Å². The average molecular weight is 493 g/mol. The molecule has 0 aliphatic rings. The molecule has 0 aromatic heterocycles. The van der Waals surface area contributed by atoms with E-state index in [4.69, 9.17) is 0 Å². The molecule has 5 heteroatoms. The maximum atomic E-state index is 13.5. The molecule has 0 spiro atoms. The van der Waals surface area contributed by atoms with Crippen LogP contribution >= 0.6 is 15.9 Å². The molecule has 1 atom stereocenters. The van der Waals surface area contributed by atoms with Gasteiger partial charge in [0, 0.05) is 30.9 Å². The Labute approximate surface area is 198 Å². The van der Waals surface area contributed by atoms with Crippen LogP contribution in [-0.4, -0.2) is 29.8 Å². The normalized spacial score (nSPS) is 11.6. The maximum Gasteiger partial charge on any atom is 0.242 e. The quantitative estimate of drug-likeness (QED) is 0.452. The molecule has 0 saturated heterocycles. The number of benzene rings is 3. The van der Waals surface area contributed by atoms with E-state index in [2.05, 4.69) is 45.5 Å². The second-order valence-electron chi connectivity index (χ2n) is 7.96. The van der Waals surface area contributed by atoms with Crippen LogP contribution in [0.2, 0.25) is 0 Å². The standard InChI is InChI=1S/C27H29BrN2O2/c1-20-11-13-21(14-12-20)15-16-26(31)30(19-23-9-6-10-24(28)17-23)25(27(32)29-2)18-22-7-4-3-5-8-22/h3-14,17,25H,15-16,18-19H2,1-2H3,(H,29,32)/t25-/m0/s1. The number of halogens is 1. The molecule has 1 N–H and O–H groups in total. The predicted octanol–water partition coefficient (Wildman–Crippen LogP) is 5.08. The molecule has 4 nitrogen and oxygen atoms in total. The first kappa shape index (κ1) is 23.7. The molecule has 0 saturated carbocycles. The van der Waals surface area contributed by atoms with Crippen molar-refractivity contribution in [2.45, 2.75) is 38.8 Å². The lowest BCUT2D eigenvalue weighted by molar-refractivity contribution is -0.141. The van der Waals surface area contributed by atoms with Crippen molar-refractivity contribution < 1.29 is 9.59 Å². The Morgan fingerprint density at radius 3 is 2.25 bits per heavy atom. The summed E-state index contributed by atoms with van der Waals surface area (Å²) in [6, 6.07) is 25.3. The van der Waals surface area contributed by atoms with E-state index in [1.165, 1.54) is 5.56 Å². The lowest BCUT2D eigenvalue weighted by Gasteiger charge is -2.31. The molecular weight excluding hydrogens is 464 g/mol. The van der Waals surface area contributed by atoms with Crippen LogP contribution in [0.25, 0.3) is 0 Å². The molecule has 0 heterocycles. The summed E-state index contributed by atoms with van der Waals surface area (Å²) in [5.74, 6) is -0.192. The highest BCUT2D eigenvalue weighted by molar-refractivity contribution is 9.10. The zero-order valence-electron chi connectivity index (χ0n) is 18.6. The van der Waals surface area contributed by atoms with Gasteiger partial charge in [-0.15, -0.1) is 0 Å². The van der Waals surface area contributed by atoms with Crippen molar-refractivity contribution in [3.8, 4) is 0 Å². The number of amides is 2. The minimum atomic E-state index is -0.591. The Hall–Kier alpha value is -2.92. The maximum absolute atomic E-state index is 13.5. The van der Waals surface area contributed by atoms with Gasteiger partial charge in [-0.1, -0.05) is 88.2 Å². The Balaban J connectivity index is 1.86. The average Bonchev–Trinajstić information content (AvgIpc) is 2.81. The third-order valence-corrected chi connectivity index (χ3v) is 6.00. The lowest BCUT2D eigenvalue weighted by Crippen LogP contribution is -2.49. The minimum Gasteiger partial charge on any atom is -0.357 e. The van der Waals surface area contributed by atoms with Gasteiger partial charge in [0.25, 0.3) is 0 Å². The number of aryl methyl sites for hydroxylation is 2. The summed E-state index contributed by atoms with van der Waals surface area (Å²) >= 11 is 3.51. The van der Waals surface area contributed by atoms with Crippen LogP contribution in [0, 0.1) is 6.92 Å². The fourth-order valence-electron chi connectivity index (χ4n) is 3.70. The van der Waals surface area contributed by atoms with Crippen LogP contribution in [0.3, 0.4) is 0 Å². The highest BCUT2D eigenvalue weighted by atomic mass is 79.9. The largest absolute Gasteiger partial charge is 0.357 e. The van der Waals surface area contributed by atoms with Crippen LogP contribution < -0.4 is 5.32 Å². The summed E-state index contributed by atoms with van der Waals surface area (Å²) in [6.45, 7) is 2.42. The summed E-state index contributed by atoms with van der Waals surface area (Å²) in [5, 5.41) is 2.76. The second kappa shape index (κ2) is 11.6. The molecule has 3 rings (SSSR count). The van der Waals surface area contributed by atoms with Crippen LogP contribution in [0.5, 0.6) is 0 Å². The molecule has 0 aliphatic heterocycles. The monoisotopic (exact) mass is 492 g/mol. The molecule has 2 amide bonds. The molecule has 32 heavy (non-hydrogen) atoms. The summed E-state index contributed by atoms with van der Waals surface area (Å²) < 4.78 is 0.946. The molecule has 0 bridgehead atoms. The molecule has 0 unspecified atom stereocenters. The zero-order valence-corrected chi connectivity index (χ0v) is 20.1. The van der Waals surface area contributed by atoms with Crippen LogP contribution in [-0.2, 0) is 29.0 Å². The van der Waals surface area contributed by atoms with Gasteiger partial charge in [-0.3, -0.25) is 9.59 Å². The Morgan fingerprint density at radius 2 is 1.59 bits per heavy atom.